The monoisotopic (exact) mass is 165 g/mol. The summed E-state index contributed by atoms with van der Waals surface area (Å²) >= 11 is 2.02. The second kappa shape index (κ2) is 6.85. The van der Waals surface area contributed by atoms with Crippen LogP contribution in [0.25, 0.3) is 0 Å². The molecule has 0 rings (SSSR count). The van der Waals surface area contributed by atoms with Crippen LogP contribution in [0.1, 0.15) is 20.8 Å². The van der Waals surface area contributed by atoms with Crippen LogP contribution in [0.15, 0.2) is 0 Å². The van der Waals surface area contributed by atoms with E-state index in [9.17, 15) is 0 Å². The Morgan fingerprint density at radius 2 is 1.78 bits per heavy atom. The third-order valence-electron chi connectivity index (χ3n) is 1.10. The van der Waals surface area contributed by atoms with Crippen LogP contribution in [-0.4, -0.2) is 23.5 Å². The molecule has 0 aromatic carbocycles. The molecule has 0 aromatic rings. The van der Waals surface area contributed by atoms with Crippen LogP contribution in [0.4, 0.5) is 0 Å². The van der Waals surface area contributed by atoms with Gasteiger partial charge in [-0.25, -0.2) is 0 Å². The van der Waals surface area contributed by atoms with Gasteiger partial charge in [0.05, 0.1) is 0 Å². The Morgan fingerprint density at radius 3 is 2.11 bits per heavy atom. The minimum absolute atomic E-state index is 0.973. The minimum atomic E-state index is 0.973. The van der Waals surface area contributed by atoms with E-state index >= 15 is 0 Å². The van der Waals surface area contributed by atoms with E-state index in [1.165, 1.54) is 18.8 Å². The molecule has 3 heteroatoms. The van der Waals surface area contributed by atoms with Crippen LogP contribution < -0.4 is 0 Å². The molecular formula is C6H16NPS. The first-order valence-electron chi connectivity index (χ1n) is 3.47. The lowest BCUT2D eigenvalue weighted by Crippen LogP contribution is -2.10. The topological polar surface area (TPSA) is 3.24 Å². The van der Waals surface area contributed by atoms with Crippen molar-refractivity contribution in [2.45, 2.75) is 20.8 Å². The van der Waals surface area contributed by atoms with Gasteiger partial charge in [0.1, 0.15) is 0 Å². The predicted molar refractivity (Wildman–Crippen MR) is 49.4 cm³/mol. The summed E-state index contributed by atoms with van der Waals surface area (Å²) < 4.78 is 2.45. The van der Waals surface area contributed by atoms with Gasteiger partial charge in [-0.1, -0.05) is 20.8 Å². The van der Waals surface area contributed by atoms with Crippen molar-refractivity contribution in [1.29, 1.82) is 0 Å². The van der Waals surface area contributed by atoms with E-state index in [2.05, 4.69) is 25.4 Å². The molecule has 0 aliphatic rings. The molecule has 0 heterocycles. The van der Waals surface area contributed by atoms with E-state index in [1.54, 1.807) is 0 Å². The molecule has 0 aliphatic carbocycles. The molecule has 0 N–H and O–H groups in total. The van der Waals surface area contributed by atoms with Gasteiger partial charge in [0.2, 0.25) is 0 Å². The van der Waals surface area contributed by atoms with Gasteiger partial charge in [0.15, 0.2) is 0 Å². The van der Waals surface area contributed by atoms with E-state index < -0.39 is 0 Å². The molecule has 0 amide bonds. The number of hydrogen-bond donors (Lipinski definition) is 0. The molecule has 9 heavy (non-hydrogen) atoms. The highest BCUT2D eigenvalue weighted by Crippen LogP contribution is 2.32. The molecule has 0 saturated carbocycles. The van der Waals surface area contributed by atoms with Crippen LogP contribution in [-0.2, 0) is 0 Å². The van der Waals surface area contributed by atoms with E-state index in [0.717, 1.165) is 7.93 Å². The van der Waals surface area contributed by atoms with E-state index in [1.807, 2.05) is 11.4 Å². The first-order chi connectivity index (χ1) is 4.35. The zero-order valence-corrected chi connectivity index (χ0v) is 8.29. The number of rotatable bonds is 5. The van der Waals surface area contributed by atoms with E-state index in [4.69, 9.17) is 0 Å². The summed E-state index contributed by atoms with van der Waals surface area (Å²) in [6, 6.07) is 0. The Hall–Kier alpha value is 0.740. The lowest BCUT2D eigenvalue weighted by molar-refractivity contribution is 0.522. The van der Waals surface area contributed by atoms with Gasteiger partial charge in [0.25, 0.3) is 0 Å². The van der Waals surface area contributed by atoms with Crippen LogP contribution in [0.5, 0.6) is 0 Å². The predicted octanol–water partition coefficient (Wildman–Crippen LogP) is 2.59. The smallest absolute Gasteiger partial charge is 0.00999 e. The van der Waals surface area contributed by atoms with Crippen LogP contribution >= 0.6 is 19.3 Å². The van der Waals surface area contributed by atoms with Crippen molar-refractivity contribution in [1.82, 2.24) is 4.67 Å². The van der Waals surface area contributed by atoms with Crippen LogP contribution in [0.3, 0.4) is 0 Å². The maximum Gasteiger partial charge on any atom is 0.00999 e. The summed E-state index contributed by atoms with van der Waals surface area (Å²) in [5.74, 6) is 1.24. The Morgan fingerprint density at radius 1 is 1.22 bits per heavy atom. The quantitative estimate of drug-likeness (QED) is 0.576. The van der Waals surface area contributed by atoms with E-state index in [-0.39, 0.29) is 0 Å². The lowest BCUT2D eigenvalue weighted by Gasteiger charge is -2.15. The van der Waals surface area contributed by atoms with Gasteiger partial charge in [-0.2, -0.15) is 0 Å². The fourth-order valence-electron chi connectivity index (χ4n) is 0.509. The first-order valence-corrected chi connectivity index (χ1v) is 6.13. The zero-order chi connectivity index (χ0) is 7.11. The maximum atomic E-state index is 2.45. The van der Waals surface area contributed by atoms with Crippen molar-refractivity contribution in [2.24, 2.45) is 0 Å². The molecule has 0 saturated heterocycles. The van der Waals surface area contributed by atoms with Crippen molar-refractivity contribution >= 4 is 19.3 Å². The number of hydrogen-bond acceptors (Lipinski definition) is 2. The highest BCUT2D eigenvalue weighted by molar-refractivity contribution is 8.48. The van der Waals surface area contributed by atoms with Crippen molar-refractivity contribution < 1.29 is 0 Å². The fourth-order valence-corrected chi connectivity index (χ4v) is 2.79. The third-order valence-corrected chi connectivity index (χ3v) is 4.44. The Labute approximate surface area is 64.2 Å². The molecule has 0 aliphatic heterocycles. The second-order valence-corrected chi connectivity index (χ2v) is 4.79. The Kier molecular flexibility index (Phi) is 7.42. The molecule has 0 bridgehead atoms. The molecule has 0 spiro atoms. The Balaban J connectivity index is 3.09. The normalized spacial score (nSPS) is 12.0. The second-order valence-electron chi connectivity index (χ2n) is 1.70. The Bertz CT molecular complexity index is 57.0. The molecule has 1 unspecified atom stereocenters. The van der Waals surface area contributed by atoms with Gasteiger partial charge in [-0.15, -0.1) is 11.4 Å². The zero-order valence-electron chi connectivity index (χ0n) is 6.48. The van der Waals surface area contributed by atoms with Gasteiger partial charge < -0.3 is 0 Å². The van der Waals surface area contributed by atoms with Gasteiger partial charge >= 0.3 is 0 Å². The van der Waals surface area contributed by atoms with Crippen molar-refractivity contribution in [3.8, 4) is 0 Å². The molecular weight excluding hydrogens is 149 g/mol. The minimum Gasteiger partial charge on any atom is -0.277 e. The summed E-state index contributed by atoms with van der Waals surface area (Å²) in [7, 11) is 0.973. The van der Waals surface area contributed by atoms with Gasteiger partial charge in [-0.3, -0.25) is 4.67 Å². The summed E-state index contributed by atoms with van der Waals surface area (Å²) in [6.07, 6.45) is 0. The van der Waals surface area contributed by atoms with Crippen LogP contribution in [0.2, 0.25) is 0 Å². The molecule has 1 atom stereocenters. The average molecular weight is 165 g/mol. The molecule has 1 nitrogen and oxygen atoms in total. The third kappa shape index (κ3) is 5.20. The van der Waals surface area contributed by atoms with Gasteiger partial charge in [0, 0.05) is 7.93 Å². The molecule has 0 aromatic heterocycles. The average Bonchev–Trinajstić information content (AvgIpc) is 1.91. The highest BCUT2D eigenvalue weighted by atomic mass is 32.7. The molecule has 56 valence electrons. The summed E-state index contributed by atoms with van der Waals surface area (Å²) in [5.41, 5.74) is 0. The van der Waals surface area contributed by atoms with Gasteiger partial charge in [-0.05, 0) is 18.8 Å². The molecule has 0 fully saturated rings. The summed E-state index contributed by atoms with van der Waals surface area (Å²) in [6.45, 7) is 9.03. The maximum absolute atomic E-state index is 2.45. The van der Waals surface area contributed by atoms with E-state index in [0.29, 0.717) is 0 Å². The summed E-state index contributed by atoms with van der Waals surface area (Å²) in [5, 5.41) is 0. The van der Waals surface area contributed by atoms with Crippen molar-refractivity contribution in [2.75, 3.05) is 18.8 Å². The summed E-state index contributed by atoms with van der Waals surface area (Å²) in [4.78, 5) is 0. The van der Waals surface area contributed by atoms with Crippen LogP contribution in [0, 0.1) is 0 Å². The lowest BCUT2D eigenvalue weighted by atomic mass is 10.7. The fraction of sp³-hybridized carbons (Fsp3) is 1.00. The number of nitrogens with zero attached hydrogens (tertiary/aromatic N) is 1. The molecule has 0 radical (unpaired) electrons. The van der Waals surface area contributed by atoms with Crippen molar-refractivity contribution in [3.63, 3.8) is 0 Å². The SMILES string of the molecule is CCSPN(CC)CC. The largest absolute Gasteiger partial charge is 0.277 e. The van der Waals surface area contributed by atoms with Crippen molar-refractivity contribution in [3.05, 3.63) is 0 Å². The highest BCUT2D eigenvalue weighted by Gasteiger charge is 1.95. The standard InChI is InChI=1S/C6H16NPS/c1-4-7(5-2)8-9-6-3/h8H,4-6H2,1-3H3. The first kappa shape index (κ1) is 9.74.